The minimum absolute atomic E-state index is 0.0757. The lowest BCUT2D eigenvalue weighted by Gasteiger charge is -2.19. The zero-order valence-corrected chi connectivity index (χ0v) is 12.0. The molecule has 6 heteroatoms. The van der Waals surface area contributed by atoms with E-state index in [1.54, 1.807) is 6.92 Å². The van der Waals surface area contributed by atoms with E-state index in [-0.39, 0.29) is 11.8 Å². The fraction of sp³-hybridized carbons (Fsp3) is 0.357. The second-order valence-electron chi connectivity index (χ2n) is 4.70. The highest BCUT2D eigenvalue weighted by Gasteiger charge is 2.16. The quantitative estimate of drug-likeness (QED) is 0.851. The van der Waals surface area contributed by atoms with E-state index < -0.39 is 6.10 Å². The van der Waals surface area contributed by atoms with Gasteiger partial charge in [0.2, 0.25) is 0 Å². The Morgan fingerprint density at radius 1 is 1.40 bits per heavy atom. The van der Waals surface area contributed by atoms with Crippen molar-refractivity contribution in [2.24, 2.45) is 0 Å². The first kappa shape index (κ1) is 14.6. The molecule has 2 rings (SSSR count). The van der Waals surface area contributed by atoms with Crippen LogP contribution >= 0.6 is 11.7 Å². The number of aliphatic hydroxyl groups excluding tert-OH is 1. The van der Waals surface area contributed by atoms with Crippen molar-refractivity contribution in [2.75, 3.05) is 6.54 Å². The minimum atomic E-state index is -0.418. The number of carbonyl (C=O) groups is 1. The number of hydrogen-bond acceptors (Lipinski definition) is 5. The van der Waals surface area contributed by atoms with Gasteiger partial charge >= 0.3 is 0 Å². The molecule has 0 spiro atoms. The molecule has 2 unspecified atom stereocenters. The molecule has 0 aliphatic rings. The van der Waals surface area contributed by atoms with Crippen molar-refractivity contribution in [3.05, 3.63) is 47.8 Å². The minimum Gasteiger partial charge on any atom is -0.393 e. The summed E-state index contributed by atoms with van der Waals surface area (Å²) in [6.07, 6.45) is 1.63. The smallest absolute Gasteiger partial charge is 0.272 e. The molecule has 0 radical (unpaired) electrons. The molecule has 1 amide bonds. The Bertz CT molecular complexity index is 529. The maximum atomic E-state index is 11.9. The molecule has 106 valence electrons. The summed E-state index contributed by atoms with van der Waals surface area (Å²) in [7, 11) is 0. The van der Waals surface area contributed by atoms with Gasteiger partial charge < -0.3 is 10.4 Å². The van der Waals surface area contributed by atoms with Crippen LogP contribution in [-0.2, 0) is 0 Å². The van der Waals surface area contributed by atoms with Gasteiger partial charge in [0.25, 0.3) is 5.91 Å². The second kappa shape index (κ2) is 7.12. The van der Waals surface area contributed by atoms with E-state index in [1.165, 1.54) is 6.20 Å². The first-order valence-corrected chi connectivity index (χ1v) is 7.18. The molecule has 0 aliphatic heterocycles. The average Bonchev–Trinajstić information content (AvgIpc) is 2.98. The fourth-order valence-corrected chi connectivity index (χ4v) is 2.46. The van der Waals surface area contributed by atoms with Crippen molar-refractivity contribution >= 4 is 17.6 Å². The fourth-order valence-electron chi connectivity index (χ4n) is 2.05. The monoisotopic (exact) mass is 291 g/mol. The zero-order chi connectivity index (χ0) is 14.4. The summed E-state index contributed by atoms with van der Waals surface area (Å²) in [6, 6.07) is 9.86. The van der Waals surface area contributed by atoms with Crippen LogP contribution in [-0.4, -0.2) is 32.4 Å². The molecule has 2 N–H and O–H groups in total. The van der Waals surface area contributed by atoms with Gasteiger partial charge in [-0.15, -0.1) is 0 Å². The molecule has 0 aliphatic carbocycles. The van der Waals surface area contributed by atoms with Crippen molar-refractivity contribution < 1.29 is 9.90 Å². The van der Waals surface area contributed by atoms with Crippen molar-refractivity contribution in [1.82, 2.24) is 14.1 Å². The van der Waals surface area contributed by atoms with Gasteiger partial charge in [0, 0.05) is 12.5 Å². The van der Waals surface area contributed by atoms with Crippen LogP contribution in [0.5, 0.6) is 0 Å². The molecule has 1 heterocycles. The van der Waals surface area contributed by atoms with Crippen LogP contribution in [0.1, 0.15) is 35.3 Å². The predicted octanol–water partition coefficient (Wildman–Crippen LogP) is 1.82. The highest BCUT2D eigenvalue weighted by atomic mass is 32.1. The standard InChI is InChI=1S/C14H17N3O2S/c1-10(18)7-12(11-5-3-2-4-6-11)8-15-14(19)13-9-16-20-17-13/h2-6,9-10,12,18H,7-8H2,1H3,(H,15,19). The molecule has 2 aromatic rings. The number of benzene rings is 1. The third-order valence-electron chi connectivity index (χ3n) is 3.00. The number of aromatic nitrogens is 2. The Balaban J connectivity index is 2.00. The first-order valence-electron chi connectivity index (χ1n) is 6.45. The molecule has 20 heavy (non-hydrogen) atoms. The van der Waals surface area contributed by atoms with Gasteiger partial charge in [0.1, 0.15) is 0 Å². The van der Waals surface area contributed by atoms with Gasteiger partial charge in [-0.25, -0.2) is 0 Å². The molecule has 0 fully saturated rings. The number of aliphatic hydroxyl groups is 1. The molecule has 5 nitrogen and oxygen atoms in total. The summed E-state index contributed by atoms with van der Waals surface area (Å²) >= 11 is 1.01. The molecular weight excluding hydrogens is 274 g/mol. The molecular formula is C14H17N3O2S. The SMILES string of the molecule is CC(O)CC(CNC(=O)c1cnsn1)c1ccccc1. The number of nitrogens with zero attached hydrogens (tertiary/aromatic N) is 2. The van der Waals surface area contributed by atoms with E-state index in [0.29, 0.717) is 18.7 Å². The van der Waals surface area contributed by atoms with E-state index in [4.69, 9.17) is 0 Å². The predicted molar refractivity (Wildman–Crippen MR) is 77.7 cm³/mol. The van der Waals surface area contributed by atoms with Gasteiger partial charge in [0.15, 0.2) is 5.69 Å². The number of carbonyl (C=O) groups excluding carboxylic acids is 1. The van der Waals surface area contributed by atoms with Crippen molar-refractivity contribution in [1.29, 1.82) is 0 Å². The van der Waals surface area contributed by atoms with E-state index in [0.717, 1.165) is 17.3 Å². The summed E-state index contributed by atoms with van der Waals surface area (Å²) in [6.45, 7) is 2.22. The molecule has 2 atom stereocenters. The summed E-state index contributed by atoms with van der Waals surface area (Å²) in [5.41, 5.74) is 1.43. The lowest BCUT2D eigenvalue weighted by molar-refractivity contribution is 0.0941. The largest absolute Gasteiger partial charge is 0.393 e. The van der Waals surface area contributed by atoms with Crippen LogP contribution in [0.3, 0.4) is 0 Å². The van der Waals surface area contributed by atoms with Crippen molar-refractivity contribution in [2.45, 2.75) is 25.4 Å². The van der Waals surface area contributed by atoms with Crippen molar-refractivity contribution in [3.8, 4) is 0 Å². The highest BCUT2D eigenvalue weighted by molar-refractivity contribution is 6.99. The summed E-state index contributed by atoms with van der Waals surface area (Å²) in [5, 5.41) is 12.4. The Hall–Kier alpha value is -1.79. The molecule has 1 aromatic carbocycles. The van der Waals surface area contributed by atoms with Crippen LogP contribution in [0.2, 0.25) is 0 Å². The van der Waals surface area contributed by atoms with Gasteiger partial charge in [0.05, 0.1) is 24.0 Å². The third-order valence-corrected chi connectivity index (χ3v) is 3.48. The van der Waals surface area contributed by atoms with Crippen LogP contribution in [0.4, 0.5) is 0 Å². The van der Waals surface area contributed by atoms with Crippen molar-refractivity contribution in [3.63, 3.8) is 0 Å². The van der Waals surface area contributed by atoms with Crippen LogP contribution in [0.25, 0.3) is 0 Å². The van der Waals surface area contributed by atoms with Crippen LogP contribution < -0.4 is 5.32 Å². The molecule has 0 saturated carbocycles. The van der Waals surface area contributed by atoms with Crippen LogP contribution in [0, 0.1) is 0 Å². The Morgan fingerprint density at radius 3 is 2.75 bits per heavy atom. The average molecular weight is 291 g/mol. The number of hydrogen-bond donors (Lipinski definition) is 2. The van der Waals surface area contributed by atoms with Crippen LogP contribution in [0.15, 0.2) is 36.5 Å². The Morgan fingerprint density at radius 2 is 2.15 bits per heavy atom. The van der Waals surface area contributed by atoms with E-state index in [2.05, 4.69) is 14.1 Å². The number of amides is 1. The Kier molecular flexibility index (Phi) is 5.20. The molecule has 1 aromatic heterocycles. The maximum absolute atomic E-state index is 11.9. The van der Waals surface area contributed by atoms with Gasteiger partial charge in [-0.2, -0.15) is 8.75 Å². The summed E-state index contributed by atoms with van der Waals surface area (Å²) in [4.78, 5) is 11.9. The lowest BCUT2D eigenvalue weighted by atomic mass is 9.93. The van der Waals surface area contributed by atoms with E-state index >= 15 is 0 Å². The number of rotatable bonds is 6. The van der Waals surface area contributed by atoms with Gasteiger partial charge in [-0.05, 0) is 18.9 Å². The van der Waals surface area contributed by atoms with Gasteiger partial charge in [-0.3, -0.25) is 4.79 Å². The molecule has 0 saturated heterocycles. The zero-order valence-electron chi connectivity index (χ0n) is 11.2. The second-order valence-corrected chi connectivity index (χ2v) is 5.25. The summed E-state index contributed by atoms with van der Waals surface area (Å²) < 4.78 is 7.70. The first-order chi connectivity index (χ1) is 9.66. The normalized spacial score (nSPS) is 13.7. The maximum Gasteiger partial charge on any atom is 0.272 e. The highest BCUT2D eigenvalue weighted by Crippen LogP contribution is 2.20. The molecule has 0 bridgehead atoms. The van der Waals surface area contributed by atoms with E-state index in [9.17, 15) is 9.90 Å². The summed E-state index contributed by atoms with van der Waals surface area (Å²) in [5.74, 6) is -0.156. The topological polar surface area (TPSA) is 75.1 Å². The Labute approximate surface area is 122 Å². The number of nitrogens with one attached hydrogen (secondary N) is 1. The third kappa shape index (κ3) is 4.11. The lowest BCUT2D eigenvalue weighted by Crippen LogP contribution is -2.29. The van der Waals surface area contributed by atoms with E-state index in [1.807, 2.05) is 30.3 Å². The van der Waals surface area contributed by atoms with Gasteiger partial charge in [-0.1, -0.05) is 30.3 Å².